The fraction of sp³-hybridized carbons (Fsp3) is 0.222. The van der Waals surface area contributed by atoms with Crippen molar-refractivity contribution in [1.82, 2.24) is 5.43 Å². The number of aryl methyl sites for hydroxylation is 1. The first-order valence-electron chi connectivity index (χ1n) is 11.5. The van der Waals surface area contributed by atoms with Crippen LogP contribution in [0.25, 0.3) is 0 Å². The van der Waals surface area contributed by atoms with Gasteiger partial charge < -0.3 is 15.0 Å². The number of hydrogen-bond donors (Lipinski definition) is 2. The average molecular weight is 535 g/mol. The van der Waals surface area contributed by atoms with Crippen molar-refractivity contribution in [2.75, 3.05) is 29.9 Å². The summed E-state index contributed by atoms with van der Waals surface area (Å²) in [5.74, 6) is 0.0127. The minimum Gasteiger partial charge on any atom is -0.483 e. The van der Waals surface area contributed by atoms with Crippen LogP contribution in [-0.2, 0) is 4.79 Å². The number of benzene rings is 3. The largest absolute Gasteiger partial charge is 0.483 e. The quantitative estimate of drug-likeness (QED) is 0.309. The molecule has 1 aliphatic rings. The number of halogens is 1. The van der Waals surface area contributed by atoms with Gasteiger partial charge in [0.05, 0.1) is 10.7 Å². The van der Waals surface area contributed by atoms with Crippen molar-refractivity contribution in [3.05, 3.63) is 87.9 Å². The molecule has 2 N–H and O–H groups in total. The lowest BCUT2D eigenvalue weighted by atomic mass is 10.2. The Morgan fingerprint density at radius 2 is 1.74 bits per heavy atom. The molecule has 35 heavy (non-hydrogen) atoms. The highest BCUT2D eigenvalue weighted by atomic mass is 79.9. The lowest BCUT2D eigenvalue weighted by Gasteiger charge is -2.17. The van der Waals surface area contributed by atoms with E-state index in [-0.39, 0.29) is 18.4 Å². The molecule has 0 aliphatic carbocycles. The second kappa shape index (κ2) is 11.7. The van der Waals surface area contributed by atoms with E-state index in [4.69, 9.17) is 4.74 Å². The molecule has 180 valence electrons. The van der Waals surface area contributed by atoms with E-state index in [1.165, 1.54) is 12.8 Å². The number of hydrogen-bond acceptors (Lipinski definition) is 5. The summed E-state index contributed by atoms with van der Waals surface area (Å²) in [6.45, 7) is 4.00. The van der Waals surface area contributed by atoms with Crippen LogP contribution in [0.4, 0.5) is 11.4 Å². The normalized spacial score (nSPS) is 13.1. The second-order valence-corrected chi connectivity index (χ2v) is 9.19. The van der Waals surface area contributed by atoms with Crippen molar-refractivity contribution in [2.45, 2.75) is 19.8 Å². The minimum absolute atomic E-state index is 0.119. The molecule has 2 amide bonds. The summed E-state index contributed by atoms with van der Waals surface area (Å²) >= 11 is 3.45. The van der Waals surface area contributed by atoms with Crippen molar-refractivity contribution >= 4 is 45.3 Å². The molecule has 1 heterocycles. The summed E-state index contributed by atoms with van der Waals surface area (Å²) in [7, 11) is 0. The molecule has 0 bridgehead atoms. The smallest absolute Gasteiger partial charge is 0.271 e. The summed E-state index contributed by atoms with van der Waals surface area (Å²) in [6.07, 6.45) is 3.97. The zero-order valence-corrected chi connectivity index (χ0v) is 21.0. The van der Waals surface area contributed by atoms with Crippen LogP contribution in [-0.4, -0.2) is 37.7 Å². The number of carbonyl (C=O) groups excluding carboxylic acids is 2. The monoisotopic (exact) mass is 534 g/mol. The van der Waals surface area contributed by atoms with Gasteiger partial charge in [0.25, 0.3) is 11.8 Å². The van der Waals surface area contributed by atoms with Gasteiger partial charge in [-0.1, -0.05) is 17.7 Å². The number of nitrogens with zero attached hydrogens (tertiary/aromatic N) is 2. The van der Waals surface area contributed by atoms with E-state index >= 15 is 0 Å². The van der Waals surface area contributed by atoms with Gasteiger partial charge in [0.2, 0.25) is 0 Å². The molecule has 3 aromatic rings. The van der Waals surface area contributed by atoms with Gasteiger partial charge in [0, 0.05) is 30.0 Å². The molecule has 0 saturated carbocycles. The second-order valence-electron chi connectivity index (χ2n) is 8.33. The molecule has 0 aromatic heterocycles. The summed E-state index contributed by atoms with van der Waals surface area (Å²) in [6, 6.07) is 20.5. The van der Waals surface area contributed by atoms with E-state index in [0.29, 0.717) is 15.8 Å². The van der Waals surface area contributed by atoms with Gasteiger partial charge in [-0.3, -0.25) is 9.59 Å². The first kappa shape index (κ1) is 24.5. The first-order valence-corrected chi connectivity index (χ1v) is 12.2. The van der Waals surface area contributed by atoms with Gasteiger partial charge in [-0.25, -0.2) is 5.43 Å². The van der Waals surface area contributed by atoms with Gasteiger partial charge in [-0.05, 0) is 95.9 Å². The third-order valence-corrected chi connectivity index (χ3v) is 6.25. The number of rotatable bonds is 8. The Hall–Kier alpha value is -3.65. The van der Waals surface area contributed by atoms with Crippen LogP contribution in [0.1, 0.15) is 34.3 Å². The molecule has 3 aromatic carbocycles. The molecule has 1 fully saturated rings. The lowest BCUT2D eigenvalue weighted by Crippen LogP contribution is -2.20. The molecule has 8 heteroatoms. The number of amides is 2. The third-order valence-electron chi connectivity index (χ3n) is 5.63. The van der Waals surface area contributed by atoms with Crippen LogP contribution in [0.5, 0.6) is 5.75 Å². The summed E-state index contributed by atoms with van der Waals surface area (Å²) < 4.78 is 6.29. The molecule has 0 unspecified atom stereocenters. The predicted octanol–water partition coefficient (Wildman–Crippen LogP) is 5.14. The Labute approximate surface area is 213 Å². The maximum atomic E-state index is 12.4. The zero-order chi connectivity index (χ0) is 24.6. The molecule has 4 rings (SSSR count). The lowest BCUT2D eigenvalue weighted by molar-refractivity contribution is -0.118. The SMILES string of the molecule is Cc1ccc(NC(=O)COc2ccc(/C=N\NC(=O)c3ccc(N4CCCC4)cc3)cc2Br)cc1. The van der Waals surface area contributed by atoms with Crippen LogP contribution < -0.4 is 20.4 Å². The number of anilines is 2. The maximum absolute atomic E-state index is 12.4. The first-order chi connectivity index (χ1) is 17.0. The fourth-order valence-electron chi connectivity index (χ4n) is 3.72. The molecular formula is C27H27BrN4O3. The Bertz CT molecular complexity index is 1200. The number of carbonyl (C=O) groups is 2. The molecule has 1 aliphatic heterocycles. The Balaban J connectivity index is 1.26. The summed E-state index contributed by atoms with van der Waals surface area (Å²) in [5.41, 5.74) is 6.86. The van der Waals surface area contributed by atoms with Crippen LogP contribution in [0, 0.1) is 6.92 Å². The van der Waals surface area contributed by atoms with Gasteiger partial charge in [0.15, 0.2) is 6.61 Å². The van der Waals surface area contributed by atoms with Gasteiger partial charge in [0.1, 0.15) is 5.75 Å². The van der Waals surface area contributed by atoms with Gasteiger partial charge in [-0.2, -0.15) is 5.10 Å². The van der Waals surface area contributed by atoms with Crippen LogP contribution in [0.2, 0.25) is 0 Å². The van der Waals surface area contributed by atoms with E-state index in [0.717, 1.165) is 35.6 Å². The molecule has 0 radical (unpaired) electrons. The molecular weight excluding hydrogens is 508 g/mol. The summed E-state index contributed by atoms with van der Waals surface area (Å²) in [4.78, 5) is 26.8. The highest BCUT2D eigenvalue weighted by molar-refractivity contribution is 9.10. The third kappa shape index (κ3) is 6.93. The zero-order valence-electron chi connectivity index (χ0n) is 19.5. The number of ether oxygens (including phenoxy) is 1. The molecule has 7 nitrogen and oxygen atoms in total. The average Bonchev–Trinajstić information content (AvgIpc) is 3.40. The van der Waals surface area contributed by atoms with Crippen LogP contribution >= 0.6 is 15.9 Å². The van der Waals surface area contributed by atoms with Crippen molar-refractivity contribution in [2.24, 2.45) is 5.10 Å². The standard InChI is InChI=1S/C27H27BrN4O3/c1-19-4-9-22(10-5-19)30-26(33)18-35-25-13-6-20(16-24(25)28)17-29-31-27(34)21-7-11-23(12-8-21)32-14-2-3-15-32/h4-13,16-17H,2-3,14-15,18H2,1H3,(H,30,33)(H,31,34)/b29-17-. The van der Waals surface area contributed by atoms with E-state index in [2.05, 4.69) is 36.7 Å². The highest BCUT2D eigenvalue weighted by Gasteiger charge is 2.13. The molecule has 0 spiro atoms. The van der Waals surface area contributed by atoms with Crippen molar-refractivity contribution < 1.29 is 14.3 Å². The van der Waals surface area contributed by atoms with E-state index in [9.17, 15) is 9.59 Å². The Morgan fingerprint density at radius 3 is 2.43 bits per heavy atom. The summed E-state index contributed by atoms with van der Waals surface area (Å²) in [5, 5.41) is 6.85. The predicted molar refractivity (Wildman–Crippen MR) is 142 cm³/mol. The van der Waals surface area contributed by atoms with Crippen LogP contribution in [0.15, 0.2) is 76.3 Å². The topological polar surface area (TPSA) is 83.0 Å². The molecule has 1 saturated heterocycles. The fourth-order valence-corrected chi connectivity index (χ4v) is 4.23. The number of hydrazone groups is 1. The van der Waals surface area contributed by atoms with Crippen molar-refractivity contribution in [3.63, 3.8) is 0 Å². The van der Waals surface area contributed by atoms with Gasteiger partial charge in [-0.15, -0.1) is 0 Å². The molecule has 0 atom stereocenters. The Kier molecular flexibility index (Phi) is 8.15. The van der Waals surface area contributed by atoms with E-state index in [1.54, 1.807) is 24.4 Å². The van der Waals surface area contributed by atoms with E-state index in [1.807, 2.05) is 55.5 Å². The van der Waals surface area contributed by atoms with Crippen molar-refractivity contribution in [1.29, 1.82) is 0 Å². The van der Waals surface area contributed by atoms with Crippen LogP contribution in [0.3, 0.4) is 0 Å². The number of nitrogens with one attached hydrogen (secondary N) is 2. The Morgan fingerprint density at radius 1 is 1.03 bits per heavy atom. The van der Waals surface area contributed by atoms with E-state index < -0.39 is 0 Å². The van der Waals surface area contributed by atoms with Gasteiger partial charge >= 0.3 is 0 Å². The maximum Gasteiger partial charge on any atom is 0.271 e. The highest BCUT2D eigenvalue weighted by Crippen LogP contribution is 2.25. The minimum atomic E-state index is -0.271. The van der Waals surface area contributed by atoms with Crippen molar-refractivity contribution in [3.8, 4) is 5.75 Å².